The Labute approximate surface area is 91.7 Å². The molecule has 1 rings (SSSR count). The molecule has 0 aromatic carbocycles. The lowest BCUT2D eigenvalue weighted by atomic mass is 9.73. The third-order valence-electron chi connectivity index (χ3n) is 3.17. The van der Waals surface area contributed by atoms with Gasteiger partial charge in [-0.05, 0) is 25.3 Å². The molecule has 2 atom stereocenters. The largest absolute Gasteiger partial charge is 0.480 e. The van der Waals surface area contributed by atoms with E-state index in [2.05, 4.69) is 5.32 Å². The molecule has 0 amide bonds. The predicted molar refractivity (Wildman–Crippen MR) is 58.9 cm³/mol. The first kappa shape index (κ1) is 13.7. The Morgan fingerprint density at radius 2 is 2.21 bits per heavy atom. The molecule has 2 N–H and O–H groups in total. The molecular formula is C10H20ClNO2. The van der Waals surface area contributed by atoms with Gasteiger partial charge in [0.15, 0.2) is 0 Å². The third-order valence-corrected chi connectivity index (χ3v) is 3.17. The molecule has 4 heteroatoms. The molecule has 84 valence electrons. The summed E-state index contributed by atoms with van der Waals surface area (Å²) in [5.41, 5.74) is -0.646. The van der Waals surface area contributed by atoms with Crippen LogP contribution in [0, 0.1) is 5.92 Å². The fourth-order valence-electron chi connectivity index (χ4n) is 2.32. The van der Waals surface area contributed by atoms with E-state index in [-0.39, 0.29) is 18.3 Å². The molecule has 0 aromatic rings. The van der Waals surface area contributed by atoms with E-state index in [9.17, 15) is 9.90 Å². The van der Waals surface area contributed by atoms with Crippen molar-refractivity contribution in [1.82, 2.24) is 5.32 Å². The fraction of sp³-hybridized carbons (Fsp3) is 0.900. The van der Waals surface area contributed by atoms with Gasteiger partial charge in [-0.25, -0.2) is 0 Å². The minimum Gasteiger partial charge on any atom is -0.480 e. The van der Waals surface area contributed by atoms with Gasteiger partial charge < -0.3 is 10.4 Å². The molecule has 1 aliphatic carbocycles. The Morgan fingerprint density at radius 3 is 2.64 bits per heavy atom. The number of aliphatic carboxylic acids is 1. The lowest BCUT2D eigenvalue weighted by Gasteiger charge is -2.39. The van der Waals surface area contributed by atoms with Gasteiger partial charge in [0.1, 0.15) is 5.54 Å². The summed E-state index contributed by atoms with van der Waals surface area (Å²) in [6.45, 7) is 4.73. The molecule has 0 heterocycles. The van der Waals surface area contributed by atoms with Crippen LogP contribution in [0.25, 0.3) is 0 Å². The van der Waals surface area contributed by atoms with Crippen molar-refractivity contribution >= 4 is 18.4 Å². The van der Waals surface area contributed by atoms with Crippen molar-refractivity contribution in [2.75, 3.05) is 6.54 Å². The molecule has 0 saturated heterocycles. The van der Waals surface area contributed by atoms with Crippen LogP contribution in [0.4, 0.5) is 0 Å². The Kier molecular flexibility index (Phi) is 5.45. The van der Waals surface area contributed by atoms with E-state index in [0.717, 1.165) is 25.8 Å². The lowest BCUT2D eigenvalue weighted by Crippen LogP contribution is -2.58. The summed E-state index contributed by atoms with van der Waals surface area (Å²) >= 11 is 0. The highest BCUT2D eigenvalue weighted by atomic mass is 35.5. The summed E-state index contributed by atoms with van der Waals surface area (Å²) < 4.78 is 0. The van der Waals surface area contributed by atoms with Gasteiger partial charge in [-0.1, -0.05) is 26.7 Å². The highest BCUT2D eigenvalue weighted by molar-refractivity contribution is 5.85. The number of nitrogens with one attached hydrogen (secondary N) is 1. The second-order valence-corrected chi connectivity index (χ2v) is 3.95. The van der Waals surface area contributed by atoms with Crippen LogP contribution in [0.3, 0.4) is 0 Å². The van der Waals surface area contributed by atoms with E-state index in [0.29, 0.717) is 0 Å². The van der Waals surface area contributed by atoms with Crippen molar-refractivity contribution in [2.24, 2.45) is 5.92 Å². The lowest BCUT2D eigenvalue weighted by molar-refractivity contribution is -0.148. The topological polar surface area (TPSA) is 49.3 Å². The predicted octanol–water partition coefficient (Wildman–Crippen LogP) is 2.05. The zero-order valence-corrected chi connectivity index (χ0v) is 9.69. The number of hydrogen-bond acceptors (Lipinski definition) is 2. The van der Waals surface area contributed by atoms with Crippen molar-refractivity contribution in [3.05, 3.63) is 0 Å². The number of rotatable bonds is 3. The molecule has 0 spiro atoms. The van der Waals surface area contributed by atoms with Crippen molar-refractivity contribution in [3.8, 4) is 0 Å². The maximum absolute atomic E-state index is 11.2. The Bertz CT molecular complexity index is 195. The molecule has 2 unspecified atom stereocenters. The summed E-state index contributed by atoms with van der Waals surface area (Å²) in [6.07, 6.45) is 4.00. The van der Waals surface area contributed by atoms with Crippen LogP contribution in [-0.4, -0.2) is 23.2 Å². The van der Waals surface area contributed by atoms with Gasteiger partial charge in [0.2, 0.25) is 0 Å². The quantitative estimate of drug-likeness (QED) is 0.767. The first-order valence-corrected chi connectivity index (χ1v) is 5.12. The number of carboxylic acid groups (broad SMARTS) is 1. The highest BCUT2D eigenvalue weighted by Gasteiger charge is 2.44. The average molecular weight is 222 g/mol. The molecular weight excluding hydrogens is 202 g/mol. The van der Waals surface area contributed by atoms with E-state index >= 15 is 0 Å². The number of likely N-dealkylation sites (N-methyl/N-ethyl adjacent to an activating group) is 1. The second kappa shape index (κ2) is 5.56. The fourth-order valence-corrected chi connectivity index (χ4v) is 2.32. The minimum atomic E-state index is -0.679. The number of halogens is 1. The summed E-state index contributed by atoms with van der Waals surface area (Å²) in [5.74, 6) is -0.430. The van der Waals surface area contributed by atoms with Crippen LogP contribution in [0.15, 0.2) is 0 Å². The minimum absolute atomic E-state index is 0. The Morgan fingerprint density at radius 1 is 1.57 bits per heavy atom. The van der Waals surface area contributed by atoms with Gasteiger partial charge in [-0.2, -0.15) is 0 Å². The molecule has 0 aliphatic heterocycles. The zero-order chi connectivity index (χ0) is 9.90. The number of carbonyl (C=O) groups is 1. The molecule has 3 nitrogen and oxygen atoms in total. The second-order valence-electron chi connectivity index (χ2n) is 3.95. The van der Waals surface area contributed by atoms with E-state index in [1.165, 1.54) is 6.42 Å². The van der Waals surface area contributed by atoms with Gasteiger partial charge >= 0.3 is 5.97 Å². The third kappa shape index (κ3) is 2.39. The summed E-state index contributed by atoms with van der Waals surface area (Å²) in [4.78, 5) is 11.2. The van der Waals surface area contributed by atoms with Crippen molar-refractivity contribution < 1.29 is 9.90 Å². The molecule has 14 heavy (non-hydrogen) atoms. The number of carboxylic acids is 1. The first-order chi connectivity index (χ1) is 6.13. The monoisotopic (exact) mass is 221 g/mol. The zero-order valence-electron chi connectivity index (χ0n) is 8.88. The van der Waals surface area contributed by atoms with Crippen molar-refractivity contribution in [3.63, 3.8) is 0 Å². The molecule has 1 fully saturated rings. The van der Waals surface area contributed by atoms with Crippen LogP contribution >= 0.6 is 12.4 Å². The molecule has 1 aliphatic rings. The van der Waals surface area contributed by atoms with Gasteiger partial charge in [0.25, 0.3) is 0 Å². The SMILES string of the molecule is CCNC1(C(=O)O)CCCCC1C.Cl. The first-order valence-electron chi connectivity index (χ1n) is 5.12. The van der Waals surface area contributed by atoms with E-state index < -0.39 is 11.5 Å². The Balaban J connectivity index is 0.00000169. The van der Waals surface area contributed by atoms with Gasteiger partial charge in [-0.3, -0.25) is 4.79 Å². The summed E-state index contributed by atoms with van der Waals surface area (Å²) in [6, 6.07) is 0. The van der Waals surface area contributed by atoms with Crippen molar-refractivity contribution in [2.45, 2.75) is 45.1 Å². The van der Waals surface area contributed by atoms with Crippen molar-refractivity contribution in [1.29, 1.82) is 0 Å². The molecule has 0 aromatic heterocycles. The van der Waals surface area contributed by atoms with Gasteiger partial charge in [0.05, 0.1) is 0 Å². The van der Waals surface area contributed by atoms with E-state index in [1.54, 1.807) is 0 Å². The number of hydrogen-bond donors (Lipinski definition) is 2. The molecule has 0 radical (unpaired) electrons. The van der Waals surface area contributed by atoms with Crippen LogP contribution in [0.2, 0.25) is 0 Å². The van der Waals surface area contributed by atoms with Crippen LogP contribution in [-0.2, 0) is 4.79 Å². The van der Waals surface area contributed by atoms with Gasteiger partial charge in [0, 0.05) is 0 Å². The smallest absolute Gasteiger partial charge is 0.324 e. The summed E-state index contributed by atoms with van der Waals surface area (Å²) in [5, 5.41) is 12.4. The molecule has 1 saturated carbocycles. The summed E-state index contributed by atoms with van der Waals surface area (Å²) in [7, 11) is 0. The van der Waals surface area contributed by atoms with Crippen LogP contribution < -0.4 is 5.32 Å². The maximum atomic E-state index is 11.2. The standard InChI is InChI=1S/C10H19NO2.ClH/c1-3-11-10(9(12)13)7-5-4-6-8(10)2;/h8,11H,3-7H2,1-2H3,(H,12,13);1H. The van der Waals surface area contributed by atoms with Crippen LogP contribution in [0.5, 0.6) is 0 Å². The highest BCUT2D eigenvalue weighted by Crippen LogP contribution is 2.33. The van der Waals surface area contributed by atoms with E-state index in [1.807, 2.05) is 13.8 Å². The van der Waals surface area contributed by atoms with Crippen LogP contribution in [0.1, 0.15) is 39.5 Å². The van der Waals surface area contributed by atoms with Gasteiger partial charge in [-0.15, -0.1) is 12.4 Å². The normalized spacial score (nSPS) is 32.0. The average Bonchev–Trinajstić information content (AvgIpc) is 2.09. The molecule has 0 bridgehead atoms. The maximum Gasteiger partial charge on any atom is 0.324 e. The Hall–Kier alpha value is -0.280. The van der Waals surface area contributed by atoms with E-state index in [4.69, 9.17) is 0 Å².